The summed E-state index contributed by atoms with van der Waals surface area (Å²) >= 11 is 0. The van der Waals surface area contributed by atoms with Crippen LogP contribution in [0.1, 0.15) is 113 Å². The fourth-order valence-corrected chi connectivity index (χ4v) is 10.8. The largest absolute Gasteiger partial charge is 0.414 e. The van der Waals surface area contributed by atoms with Crippen molar-refractivity contribution in [3.63, 3.8) is 0 Å². The van der Waals surface area contributed by atoms with Crippen LogP contribution >= 0.6 is 0 Å². The maximum Gasteiger partial charge on any atom is 0.192 e. The Morgan fingerprint density at radius 3 is 2.43 bits per heavy atom. The van der Waals surface area contributed by atoms with E-state index in [1.165, 1.54) is 44.9 Å². The summed E-state index contributed by atoms with van der Waals surface area (Å²) in [7, 11) is -1.75. The van der Waals surface area contributed by atoms with E-state index in [0.29, 0.717) is 41.8 Å². The summed E-state index contributed by atoms with van der Waals surface area (Å²) in [5.41, 5.74) is 2.30. The Morgan fingerprint density at radius 2 is 1.78 bits per heavy atom. The number of hydrogen-bond acceptors (Lipinski definition) is 3. The lowest BCUT2D eigenvalue weighted by Gasteiger charge is -2.58. The predicted molar refractivity (Wildman–Crippen MR) is 158 cm³/mol. The maximum absolute atomic E-state index is 11.4. The van der Waals surface area contributed by atoms with Gasteiger partial charge in [0.2, 0.25) is 0 Å². The molecular weight excluding hydrogens is 472 g/mol. The Balaban J connectivity index is 1.47. The molecule has 10 atom stereocenters. The van der Waals surface area contributed by atoms with E-state index in [1.807, 2.05) is 0 Å². The highest BCUT2D eigenvalue weighted by Crippen LogP contribution is 2.67. The molecule has 0 aromatic carbocycles. The molecule has 4 aliphatic carbocycles. The smallest absolute Gasteiger partial charge is 0.192 e. The van der Waals surface area contributed by atoms with Crippen molar-refractivity contribution >= 4 is 8.32 Å². The maximum atomic E-state index is 11.4. The van der Waals surface area contributed by atoms with Crippen LogP contribution in [0.15, 0.2) is 11.6 Å². The number of hydrogen-bond donors (Lipinski definition) is 2. The average Bonchev–Trinajstić information content (AvgIpc) is 3.08. The topological polar surface area (TPSA) is 49.7 Å². The normalized spacial score (nSPS) is 41.9. The first-order chi connectivity index (χ1) is 17.1. The molecule has 3 saturated carbocycles. The van der Waals surface area contributed by atoms with Crippen LogP contribution in [0, 0.1) is 46.3 Å². The van der Waals surface area contributed by atoms with Gasteiger partial charge in [0.1, 0.15) is 0 Å². The number of rotatable bonds is 8. The summed E-state index contributed by atoms with van der Waals surface area (Å²) in [4.78, 5) is 0. The van der Waals surface area contributed by atoms with Crippen molar-refractivity contribution in [2.45, 2.75) is 143 Å². The minimum absolute atomic E-state index is 0.147. The van der Waals surface area contributed by atoms with E-state index in [1.54, 1.807) is 5.57 Å². The van der Waals surface area contributed by atoms with Gasteiger partial charge >= 0.3 is 0 Å². The highest BCUT2D eigenvalue weighted by Gasteiger charge is 2.61. The standard InChI is InChI=1S/C33H60O3Si/c1-22(21-34)11-10-12-23(2)30-29(35)20-28-26-14-13-24-19-25(36-37(8,9)31(3,4)5)15-17-32(24,6)27(26)16-18-33(28,30)7/h13,22-23,25-30,34-35H,10-12,14-21H2,1-9H3/t22-,23-,25+,26-,27+,28+,29+,30+,32+,33+/m1/s1. The first kappa shape index (κ1) is 29.8. The zero-order valence-corrected chi connectivity index (χ0v) is 26.8. The Bertz CT molecular complexity index is 830. The van der Waals surface area contributed by atoms with Gasteiger partial charge in [0.15, 0.2) is 8.32 Å². The van der Waals surface area contributed by atoms with Crippen LogP contribution in [0.3, 0.4) is 0 Å². The molecule has 0 aromatic rings. The van der Waals surface area contributed by atoms with Crippen molar-refractivity contribution in [2.24, 2.45) is 46.3 Å². The molecular formula is C33H60O3Si. The van der Waals surface area contributed by atoms with Gasteiger partial charge in [-0.15, -0.1) is 0 Å². The first-order valence-electron chi connectivity index (χ1n) is 15.8. The third-order valence-electron chi connectivity index (χ3n) is 12.7. The highest BCUT2D eigenvalue weighted by atomic mass is 28.4. The molecule has 0 bridgehead atoms. The van der Waals surface area contributed by atoms with E-state index in [4.69, 9.17) is 4.43 Å². The van der Waals surface area contributed by atoms with Crippen LogP contribution in [0.5, 0.6) is 0 Å². The summed E-state index contributed by atoms with van der Waals surface area (Å²) < 4.78 is 6.92. The second-order valence-electron chi connectivity index (χ2n) is 16.1. The lowest BCUT2D eigenvalue weighted by molar-refractivity contribution is -0.0613. The van der Waals surface area contributed by atoms with Crippen LogP contribution in [0.2, 0.25) is 18.1 Å². The van der Waals surface area contributed by atoms with Gasteiger partial charge in [-0.25, -0.2) is 0 Å². The molecule has 0 amide bonds. The quantitative estimate of drug-likeness (QED) is 0.244. The molecule has 4 rings (SSSR count). The molecule has 4 heteroatoms. The molecule has 3 fully saturated rings. The van der Waals surface area contributed by atoms with Gasteiger partial charge in [-0.3, -0.25) is 0 Å². The summed E-state index contributed by atoms with van der Waals surface area (Å²) in [6, 6.07) is 0. The summed E-state index contributed by atoms with van der Waals surface area (Å²) in [6.07, 6.45) is 14.8. The van der Waals surface area contributed by atoms with E-state index in [-0.39, 0.29) is 16.6 Å². The molecule has 0 heterocycles. The number of fused-ring (bicyclic) bond motifs is 5. The van der Waals surface area contributed by atoms with E-state index in [2.05, 4.69) is 67.6 Å². The van der Waals surface area contributed by atoms with Gasteiger partial charge in [-0.05, 0) is 116 Å². The lowest BCUT2D eigenvalue weighted by Crippen LogP contribution is -2.52. The molecule has 0 radical (unpaired) electrons. The van der Waals surface area contributed by atoms with Crippen LogP contribution in [-0.4, -0.2) is 37.3 Å². The van der Waals surface area contributed by atoms with E-state index < -0.39 is 8.32 Å². The van der Waals surface area contributed by atoms with Crippen LogP contribution in [0.25, 0.3) is 0 Å². The lowest BCUT2D eigenvalue weighted by atomic mass is 9.47. The molecule has 0 aromatic heterocycles. The molecule has 2 N–H and O–H groups in total. The van der Waals surface area contributed by atoms with Crippen molar-refractivity contribution in [3.8, 4) is 0 Å². The van der Waals surface area contributed by atoms with E-state index >= 15 is 0 Å². The highest BCUT2D eigenvalue weighted by molar-refractivity contribution is 6.74. The average molecular weight is 533 g/mol. The van der Waals surface area contributed by atoms with Gasteiger partial charge < -0.3 is 14.6 Å². The van der Waals surface area contributed by atoms with E-state index in [9.17, 15) is 10.2 Å². The molecule has 0 unspecified atom stereocenters. The van der Waals surface area contributed by atoms with Gasteiger partial charge in [-0.1, -0.05) is 73.0 Å². The zero-order chi connectivity index (χ0) is 27.4. The Morgan fingerprint density at radius 1 is 1.08 bits per heavy atom. The molecule has 4 aliphatic rings. The monoisotopic (exact) mass is 532 g/mol. The van der Waals surface area contributed by atoms with Gasteiger partial charge in [0.05, 0.1) is 6.10 Å². The Kier molecular flexibility index (Phi) is 8.60. The van der Waals surface area contributed by atoms with Gasteiger partial charge in [0, 0.05) is 12.7 Å². The van der Waals surface area contributed by atoms with Crippen LogP contribution < -0.4 is 0 Å². The van der Waals surface area contributed by atoms with Crippen molar-refractivity contribution in [1.82, 2.24) is 0 Å². The fraction of sp³-hybridized carbons (Fsp3) is 0.939. The fourth-order valence-electron chi connectivity index (χ4n) is 9.46. The predicted octanol–water partition coefficient (Wildman–Crippen LogP) is 8.36. The minimum Gasteiger partial charge on any atom is -0.414 e. The van der Waals surface area contributed by atoms with Crippen molar-refractivity contribution in [3.05, 3.63) is 11.6 Å². The minimum atomic E-state index is -1.75. The van der Waals surface area contributed by atoms with Crippen molar-refractivity contribution < 1.29 is 14.6 Å². The molecule has 0 spiro atoms. The number of aliphatic hydroxyl groups excluding tert-OH is 2. The molecule has 0 aliphatic heterocycles. The summed E-state index contributed by atoms with van der Waals surface area (Å²) in [5.74, 6) is 3.53. The Labute approximate surface area is 230 Å². The second kappa shape index (κ2) is 10.7. The summed E-state index contributed by atoms with van der Waals surface area (Å²) in [6.45, 7) is 21.9. The summed E-state index contributed by atoms with van der Waals surface area (Å²) in [5, 5.41) is 21.1. The second-order valence-corrected chi connectivity index (χ2v) is 20.8. The van der Waals surface area contributed by atoms with Crippen LogP contribution in [0.4, 0.5) is 0 Å². The van der Waals surface area contributed by atoms with E-state index in [0.717, 1.165) is 31.1 Å². The van der Waals surface area contributed by atoms with Crippen molar-refractivity contribution in [1.29, 1.82) is 0 Å². The number of aliphatic hydroxyl groups is 2. The third kappa shape index (κ3) is 5.44. The van der Waals surface area contributed by atoms with Gasteiger partial charge in [0.25, 0.3) is 0 Å². The zero-order valence-electron chi connectivity index (χ0n) is 25.8. The molecule has 3 nitrogen and oxygen atoms in total. The van der Waals surface area contributed by atoms with Gasteiger partial charge in [-0.2, -0.15) is 0 Å². The van der Waals surface area contributed by atoms with Crippen LogP contribution in [-0.2, 0) is 4.43 Å². The molecule has 214 valence electrons. The first-order valence-corrected chi connectivity index (χ1v) is 18.7. The molecule has 0 saturated heterocycles. The third-order valence-corrected chi connectivity index (χ3v) is 17.3. The number of allylic oxidation sites excluding steroid dienone is 1. The van der Waals surface area contributed by atoms with Crippen molar-refractivity contribution in [2.75, 3.05) is 6.61 Å². The molecule has 37 heavy (non-hydrogen) atoms. The SMILES string of the molecule is C[C@@H](CO)CCC[C@@H](C)[C@H]1[C@@H](O)C[C@H]2[C@@H]3CC=C4C[C@@H](O[Si](C)(C)C(C)(C)C)CC[C@]4(C)[C@H]3CC[C@]12C. The Hall–Kier alpha value is -0.163.